The summed E-state index contributed by atoms with van der Waals surface area (Å²) < 4.78 is 30.1. The predicted octanol–water partition coefficient (Wildman–Crippen LogP) is 2.13. The number of sulfonamides is 1. The van der Waals surface area contributed by atoms with E-state index in [9.17, 15) is 13.2 Å². The Morgan fingerprint density at radius 2 is 1.78 bits per heavy atom. The summed E-state index contributed by atoms with van der Waals surface area (Å²) in [5, 5.41) is 2.80. The molecule has 0 radical (unpaired) electrons. The first kappa shape index (κ1) is 19.4. The lowest BCUT2D eigenvalue weighted by Gasteiger charge is -2.14. The molecule has 1 aromatic rings. The van der Waals surface area contributed by atoms with E-state index in [0.29, 0.717) is 24.8 Å². The van der Waals surface area contributed by atoms with Crippen LogP contribution in [0.2, 0.25) is 0 Å². The van der Waals surface area contributed by atoms with E-state index in [1.165, 1.54) is 0 Å². The number of rotatable bonds is 9. The van der Waals surface area contributed by atoms with Crippen LogP contribution in [0.3, 0.4) is 0 Å². The van der Waals surface area contributed by atoms with Gasteiger partial charge in [-0.25, -0.2) is 8.42 Å². The fourth-order valence-corrected chi connectivity index (χ4v) is 2.36. The Morgan fingerprint density at radius 1 is 1.17 bits per heavy atom. The van der Waals surface area contributed by atoms with Crippen LogP contribution in [0.25, 0.3) is 0 Å². The summed E-state index contributed by atoms with van der Waals surface area (Å²) >= 11 is 0. The molecule has 7 heteroatoms. The minimum Gasteiger partial charge on any atom is -0.369 e. The number of hydrogen-bond acceptors (Lipinski definition) is 4. The number of amides is 1. The molecule has 0 spiro atoms. The van der Waals surface area contributed by atoms with Crippen molar-refractivity contribution in [3.05, 3.63) is 29.8 Å². The summed E-state index contributed by atoms with van der Waals surface area (Å²) in [4.78, 5) is 11.9. The van der Waals surface area contributed by atoms with Gasteiger partial charge >= 0.3 is 0 Å². The summed E-state index contributed by atoms with van der Waals surface area (Å²) in [6.45, 7) is 6.88. The van der Waals surface area contributed by atoms with Crippen molar-refractivity contribution in [2.75, 3.05) is 17.6 Å². The Labute approximate surface area is 138 Å². The van der Waals surface area contributed by atoms with Gasteiger partial charge in [0.2, 0.25) is 15.9 Å². The summed E-state index contributed by atoms with van der Waals surface area (Å²) in [5.41, 5.74) is 1.37. The van der Waals surface area contributed by atoms with Crippen molar-refractivity contribution < 1.29 is 17.9 Å². The van der Waals surface area contributed by atoms with Crippen LogP contribution in [0, 0.1) is 5.92 Å². The number of nitrogens with one attached hydrogen (secondary N) is 2. The van der Waals surface area contributed by atoms with E-state index in [1.807, 2.05) is 0 Å². The second-order valence-corrected chi connectivity index (χ2v) is 7.73. The van der Waals surface area contributed by atoms with E-state index in [-0.39, 0.29) is 5.91 Å². The minimum absolute atomic E-state index is 0.160. The molecule has 0 heterocycles. The van der Waals surface area contributed by atoms with Gasteiger partial charge in [0.15, 0.2) is 0 Å². The Balaban J connectivity index is 2.40. The van der Waals surface area contributed by atoms with Crippen molar-refractivity contribution in [2.45, 2.75) is 39.8 Å². The van der Waals surface area contributed by atoms with Gasteiger partial charge in [-0.1, -0.05) is 26.0 Å². The van der Waals surface area contributed by atoms with Crippen molar-refractivity contribution in [2.24, 2.45) is 5.92 Å². The molecule has 0 aromatic heterocycles. The number of carbonyl (C=O) groups excluding carboxylic acids is 1. The van der Waals surface area contributed by atoms with Gasteiger partial charge in [0.25, 0.3) is 0 Å². The summed E-state index contributed by atoms with van der Waals surface area (Å²) in [5.74, 6) is 0.386. The first-order chi connectivity index (χ1) is 10.7. The second kappa shape index (κ2) is 8.88. The molecule has 6 nitrogen and oxygen atoms in total. The zero-order valence-electron chi connectivity index (χ0n) is 14.1. The van der Waals surface area contributed by atoms with Crippen LogP contribution in [0.5, 0.6) is 0 Å². The third-order valence-electron chi connectivity index (χ3n) is 3.16. The molecular weight excluding hydrogens is 316 g/mol. The van der Waals surface area contributed by atoms with Crippen LogP contribution < -0.4 is 10.0 Å². The maximum absolute atomic E-state index is 11.9. The lowest BCUT2D eigenvalue weighted by molar-refractivity contribution is -0.132. The molecule has 0 saturated heterocycles. The van der Waals surface area contributed by atoms with Crippen LogP contribution in [-0.4, -0.2) is 33.3 Å². The Hall–Kier alpha value is -1.60. The zero-order chi connectivity index (χ0) is 17.5. The van der Waals surface area contributed by atoms with Crippen molar-refractivity contribution in [3.63, 3.8) is 0 Å². The standard InChI is InChI=1S/C16H26N2O4S/c1-12(2)9-10-22-13(3)16(19)17-11-14-5-7-15(8-6-14)18-23(4,20)21/h5-8,12-13,18H,9-11H2,1-4H3,(H,17,19)/t13-/m1/s1. The van der Waals surface area contributed by atoms with E-state index in [2.05, 4.69) is 23.9 Å². The highest BCUT2D eigenvalue weighted by Crippen LogP contribution is 2.11. The van der Waals surface area contributed by atoms with E-state index >= 15 is 0 Å². The molecule has 1 rings (SSSR count). The topological polar surface area (TPSA) is 84.5 Å². The summed E-state index contributed by atoms with van der Waals surface area (Å²) in [7, 11) is -3.28. The Morgan fingerprint density at radius 3 is 2.30 bits per heavy atom. The van der Waals surface area contributed by atoms with E-state index in [4.69, 9.17) is 4.74 Å². The van der Waals surface area contributed by atoms with Gasteiger partial charge in [-0.15, -0.1) is 0 Å². The van der Waals surface area contributed by atoms with E-state index in [1.54, 1.807) is 31.2 Å². The first-order valence-electron chi connectivity index (χ1n) is 7.63. The average Bonchev–Trinajstić information content (AvgIpc) is 2.44. The molecule has 23 heavy (non-hydrogen) atoms. The maximum atomic E-state index is 11.9. The fourth-order valence-electron chi connectivity index (χ4n) is 1.79. The van der Waals surface area contributed by atoms with Gasteiger partial charge in [0, 0.05) is 18.8 Å². The smallest absolute Gasteiger partial charge is 0.249 e. The molecule has 1 atom stereocenters. The van der Waals surface area contributed by atoms with Crippen LogP contribution in [-0.2, 0) is 26.1 Å². The largest absolute Gasteiger partial charge is 0.369 e. The van der Waals surface area contributed by atoms with Crippen LogP contribution in [0.4, 0.5) is 5.69 Å². The normalized spacial score (nSPS) is 12.9. The zero-order valence-corrected chi connectivity index (χ0v) is 14.9. The second-order valence-electron chi connectivity index (χ2n) is 5.98. The van der Waals surface area contributed by atoms with Crippen molar-refractivity contribution in [3.8, 4) is 0 Å². The van der Waals surface area contributed by atoms with Crippen molar-refractivity contribution in [1.82, 2.24) is 5.32 Å². The number of carbonyl (C=O) groups is 1. The highest BCUT2D eigenvalue weighted by Gasteiger charge is 2.13. The first-order valence-corrected chi connectivity index (χ1v) is 9.52. The van der Waals surface area contributed by atoms with E-state index in [0.717, 1.165) is 18.2 Å². The molecule has 0 aliphatic carbocycles. The molecule has 0 unspecified atom stereocenters. The maximum Gasteiger partial charge on any atom is 0.249 e. The lowest BCUT2D eigenvalue weighted by Crippen LogP contribution is -2.34. The highest BCUT2D eigenvalue weighted by molar-refractivity contribution is 7.92. The monoisotopic (exact) mass is 342 g/mol. The van der Waals surface area contributed by atoms with Gasteiger partial charge < -0.3 is 10.1 Å². The van der Waals surface area contributed by atoms with Crippen LogP contribution >= 0.6 is 0 Å². The number of benzene rings is 1. The molecule has 0 bridgehead atoms. The van der Waals surface area contributed by atoms with Crippen molar-refractivity contribution >= 4 is 21.6 Å². The van der Waals surface area contributed by atoms with Crippen molar-refractivity contribution in [1.29, 1.82) is 0 Å². The minimum atomic E-state index is -3.28. The van der Waals surface area contributed by atoms with Gasteiger partial charge in [-0.05, 0) is 37.0 Å². The van der Waals surface area contributed by atoms with Gasteiger partial charge in [0.05, 0.1) is 6.26 Å². The lowest BCUT2D eigenvalue weighted by atomic mass is 10.1. The molecule has 0 aliphatic rings. The fraction of sp³-hybridized carbons (Fsp3) is 0.562. The molecule has 2 N–H and O–H groups in total. The van der Waals surface area contributed by atoms with Gasteiger partial charge in [-0.2, -0.15) is 0 Å². The molecule has 1 aromatic carbocycles. The SMILES string of the molecule is CC(C)CCO[C@H](C)C(=O)NCc1ccc(NS(C)(=O)=O)cc1. The molecule has 0 fully saturated rings. The summed E-state index contributed by atoms with van der Waals surface area (Å²) in [6, 6.07) is 6.84. The quantitative estimate of drug-likeness (QED) is 0.720. The predicted molar refractivity (Wildman–Crippen MR) is 91.6 cm³/mol. The summed E-state index contributed by atoms with van der Waals surface area (Å²) in [6.07, 6.45) is 1.54. The number of anilines is 1. The molecule has 1 amide bonds. The van der Waals surface area contributed by atoms with Gasteiger partial charge in [0.1, 0.15) is 6.10 Å². The highest BCUT2D eigenvalue weighted by atomic mass is 32.2. The van der Waals surface area contributed by atoms with Gasteiger partial charge in [-0.3, -0.25) is 9.52 Å². The molecular formula is C16H26N2O4S. The number of hydrogen-bond donors (Lipinski definition) is 2. The molecule has 130 valence electrons. The van der Waals surface area contributed by atoms with E-state index < -0.39 is 16.1 Å². The molecule has 0 aliphatic heterocycles. The number of ether oxygens (including phenoxy) is 1. The average molecular weight is 342 g/mol. The third kappa shape index (κ3) is 8.56. The van der Waals surface area contributed by atoms with Crippen LogP contribution in [0.1, 0.15) is 32.8 Å². The third-order valence-corrected chi connectivity index (χ3v) is 3.76. The van der Waals surface area contributed by atoms with Crippen LogP contribution in [0.15, 0.2) is 24.3 Å². The Kier molecular flexibility index (Phi) is 7.51. The molecule has 0 saturated carbocycles. The Bertz CT molecular complexity index is 597.